The summed E-state index contributed by atoms with van der Waals surface area (Å²) in [4.78, 5) is 24.2. The van der Waals surface area contributed by atoms with Crippen molar-refractivity contribution in [1.29, 1.82) is 0 Å². The first-order chi connectivity index (χ1) is 10.1. The Morgan fingerprint density at radius 1 is 1.24 bits per heavy atom. The van der Waals surface area contributed by atoms with Crippen LogP contribution in [0.25, 0.3) is 0 Å². The van der Waals surface area contributed by atoms with Crippen LogP contribution in [0.2, 0.25) is 0 Å². The zero-order chi connectivity index (χ0) is 15.0. The van der Waals surface area contributed by atoms with Gasteiger partial charge in [-0.2, -0.15) is 0 Å². The van der Waals surface area contributed by atoms with E-state index in [0.29, 0.717) is 25.4 Å². The highest BCUT2D eigenvalue weighted by molar-refractivity contribution is 5.82. The smallest absolute Gasteiger partial charge is 0.232 e. The van der Waals surface area contributed by atoms with Gasteiger partial charge in [0, 0.05) is 24.4 Å². The molecule has 1 aromatic rings. The lowest BCUT2D eigenvalue weighted by molar-refractivity contribution is -0.497. The molecule has 1 aliphatic heterocycles. The standard InChI is InChI=1S/C15H18N2O4/c18-12-3-1-10(2-4-12)11-5-7-16(8-6-11)15(19)13-9-14(13)17(20)21/h1-4,11,13-14,18H,5-9H2/t13-,14-/m0/s1. The van der Waals surface area contributed by atoms with Crippen molar-refractivity contribution in [2.45, 2.75) is 31.2 Å². The molecule has 1 amide bonds. The molecule has 6 nitrogen and oxygen atoms in total. The van der Waals surface area contributed by atoms with Gasteiger partial charge in [0.1, 0.15) is 11.7 Å². The van der Waals surface area contributed by atoms with E-state index in [-0.39, 0.29) is 16.6 Å². The Bertz CT molecular complexity index is 549. The minimum absolute atomic E-state index is 0.0548. The van der Waals surface area contributed by atoms with E-state index >= 15 is 0 Å². The van der Waals surface area contributed by atoms with Gasteiger partial charge in [-0.05, 0) is 36.5 Å². The topological polar surface area (TPSA) is 83.7 Å². The van der Waals surface area contributed by atoms with Gasteiger partial charge in [-0.3, -0.25) is 14.9 Å². The second kappa shape index (κ2) is 5.35. The van der Waals surface area contributed by atoms with Crippen molar-refractivity contribution in [2.75, 3.05) is 13.1 Å². The van der Waals surface area contributed by atoms with Crippen LogP contribution in [0.1, 0.15) is 30.7 Å². The Morgan fingerprint density at radius 2 is 1.86 bits per heavy atom. The van der Waals surface area contributed by atoms with Crippen LogP contribution >= 0.6 is 0 Å². The fourth-order valence-corrected chi connectivity index (χ4v) is 3.09. The number of piperidine rings is 1. The van der Waals surface area contributed by atoms with E-state index in [1.54, 1.807) is 17.0 Å². The van der Waals surface area contributed by atoms with Crippen LogP contribution in [-0.2, 0) is 4.79 Å². The van der Waals surface area contributed by atoms with Gasteiger partial charge in [0.2, 0.25) is 11.9 Å². The third-order valence-corrected chi connectivity index (χ3v) is 4.52. The maximum atomic E-state index is 12.2. The molecule has 112 valence electrons. The number of hydrogen-bond donors (Lipinski definition) is 1. The molecule has 0 bridgehead atoms. The lowest BCUT2D eigenvalue weighted by atomic mass is 9.89. The van der Waals surface area contributed by atoms with E-state index in [2.05, 4.69) is 0 Å². The second-order valence-electron chi connectivity index (χ2n) is 5.89. The van der Waals surface area contributed by atoms with Gasteiger partial charge in [-0.25, -0.2) is 0 Å². The van der Waals surface area contributed by atoms with Crippen LogP contribution in [-0.4, -0.2) is 40.0 Å². The molecule has 1 saturated carbocycles. The summed E-state index contributed by atoms with van der Waals surface area (Å²) in [5.74, 6) is 0.192. The average Bonchev–Trinajstić information content (AvgIpc) is 3.28. The van der Waals surface area contributed by atoms with Gasteiger partial charge < -0.3 is 10.0 Å². The summed E-state index contributed by atoms with van der Waals surface area (Å²) in [5.41, 5.74) is 1.18. The molecule has 3 rings (SSSR count). The number of benzene rings is 1. The molecular formula is C15H18N2O4. The number of amides is 1. The molecule has 2 aliphatic rings. The van der Waals surface area contributed by atoms with E-state index in [0.717, 1.165) is 12.8 Å². The number of nitro groups is 1. The minimum atomic E-state index is -0.660. The highest BCUT2D eigenvalue weighted by Gasteiger charge is 2.54. The van der Waals surface area contributed by atoms with Crippen LogP contribution in [0.15, 0.2) is 24.3 Å². The van der Waals surface area contributed by atoms with E-state index in [9.17, 15) is 20.0 Å². The first-order valence-corrected chi connectivity index (χ1v) is 7.27. The van der Waals surface area contributed by atoms with Crippen molar-refractivity contribution < 1.29 is 14.8 Å². The third-order valence-electron chi connectivity index (χ3n) is 4.52. The molecule has 6 heteroatoms. The van der Waals surface area contributed by atoms with Crippen LogP contribution in [0.3, 0.4) is 0 Å². The van der Waals surface area contributed by atoms with Crippen molar-refractivity contribution in [2.24, 2.45) is 5.92 Å². The van der Waals surface area contributed by atoms with Crippen molar-refractivity contribution in [1.82, 2.24) is 4.90 Å². The molecule has 0 aromatic heterocycles. The Balaban J connectivity index is 1.54. The SMILES string of the molecule is O=C([C@H]1C[C@@H]1[N+](=O)[O-])N1CCC(c2ccc(O)cc2)CC1. The molecule has 1 aromatic carbocycles. The van der Waals surface area contributed by atoms with Crippen LogP contribution in [0, 0.1) is 16.0 Å². The number of phenols is 1. The summed E-state index contributed by atoms with van der Waals surface area (Å²) in [6.07, 6.45) is 2.13. The lowest BCUT2D eigenvalue weighted by Gasteiger charge is -2.32. The Labute approximate surface area is 122 Å². The Hall–Kier alpha value is -2.11. The van der Waals surface area contributed by atoms with Crippen molar-refractivity contribution >= 4 is 5.91 Å². The number of carbonyl (C=O) groups excluding carboxylic acids is 1. The second-order valence-corrected chi connectivity index (χ2v) is 5.89. The number of likely N-dealkylation sites (tertiary alicyclic amines) is 1. The Morgan fingerprint density at radius 3 is 2.38 bits per heavy atom. The van der Waals surface area contributed by atoms with Gasteiger partial charge >= 0.3 is 0 Å². The number of hydrogen-bond acceptors (Lipinski definition) is 4. The monoisotopic (exact) mass is 290 g/mol. The van der Waals surface area contributed by atoms with E-state index in [1.807, 2.05) is 12.1 Å². The molecule has 1 aliphatic carbocycles. The van der Waals surface area contributed by atoms with Crippen LogP contribution < -0.4 is 0 Å². The fraction of sp³-hybridized carbons (Fsp3) is 0.533. The summed E-state index contributed by atoms with van der Waals surface area (Å²) in [6.45, 7) is 1.32. The van der Waals surface area contributed by atoms with Crippen LogP contribution in [0.4, 0.5) is 0 Å². The Kier molecular flexibility index (Phi) is 3.53. The number of aromatic hydroxyl groups is 1. The first kappa shape index (κ1) is 13.9. The fourth-order valence-electron chi connectivity index (χ4n) is 3.09. The molecule has 0 unspecified atom stereocenters. The zero-order valence-electron chi connectivity index (χ0n) is 11.6. The predicted octanol–water partition coefficient (Wildman–Crippen LogP) is 1.76. The molecule has 2 fully saturated rings. The molecular weight excluding hydrogens is 272 g/mol. The quantitative estimate of drug-likeness (QED) is 0.679. The highest BCUT2D eigenvalue weighted by atomic mass is 16.6. The summed E-state index contributed by atoms with van der Waals surface area (Å²) in [6, 6.07) is 6.53. The van der Waals surface area contributed by atoms with Gasteiger partial charge in [0.15, 0.2) is 0 Å². The maximum Gasteiger partial charge on any atom is 0.232 e. The lowest BCUT2D eigenvalue weighted by Crippen LogP contribution is -2.39. The third kappa shape index (κ3) is 2.84. The van der Waals surface area contributed by atoms with Crippen LogP contribution in [0.5, 0.6) is 5.75 Å². The number of phenolic OH excluding ortho intramolecular Hbond substituents is 1. The largest absolute Gasteiger partial charge is 0.508 e. The predicted molar refractivity (Wildman–Crippen MR) is 75.6 cm³/mol. The minimum Gasteiger partial charge on any atom is -0.508 e. The maximum absolute atomic E-state index is 12.2. The van der Waals surface area contributed by atoms with Crippen molar-refractivity contribution in [3.8, 4) is 5.75 Å². The van der Waals surface area contributed by atoms with Gasteiger partial charge in [0.05, 0.1) is 0 Å². The molecule has 1 heterocycles. The van der Waals surface area contributed by atoms with Gasteiger partial charge in [-0.1, -0.05) is 12.1 Å². The summed E-state index contributed by atoms with van der Waals surface area (Å²) >= 11 is 0. The van der Waals surface area contributed by atoms with Crippen molar-refractivity contribution in [3.05, 3.63) is 39.9 Å². The number of rotatable bonds is 3. The molecule has 0 spiro atoms. The molecule has 2 atom stereocenters. The van der Waals surface area contributed by atoms with E-state index < -0.39 is 12.0 Å². The first-order valence-electron chi connectivity index (χ1n) is 7.27. The summed E-state index contributed by atoms with van der Waals surface area (Å²) in [7, 11) is 0. The van der Waals surface area contributed by atoms with Gasteiger partial charge in [0.25, 0.3) is 0 Å². The normalized spacial score (nSPS) is 25.6. The van der Waals surface area contributed by atoms with E-state index in [1.165, 1.54) is 5.56 Å². The summed E-state index contributed by atoms with van der Waals surface area (Å²) < 4.78 is 0. The van der Waals surface area contributed by atoms with E-state index in [4.69, 9.17) is 0 Å². The highest BCUT2D eigenvalue weighted by Crippen LogP contribution is 2.37. The number of carbonyl (C=O) groups is 1. The molecule has 1 N–H and O–H groups in total. The number of nitrogens with zero attached hydrogens (tertiary/aromatic N) is 2. The molecule has 1 saturated heterocycles. The molecule has 21 heavy (non-hydrogen) atoms. The van der Waals surface area contributed by atoms with Gasteiger partial charge in [-0.15, -0.1) is 0 Å². The average molecular weight is 290 g/mol. The van der Waals surface area contributed by atoms with Crippen molar-refractivity contribution in [3.63, 3.8) is 0 Å². The molecule has 0 radical (unpaired) electrons. The summed E-state index contributed by atoms with van der Waals surface area (Å²) in [5, 5.41) is 19.9. The zero-order valence-corrected chi connectivity index (χ0v) is 11.6.